The number of amides is 1. The highest BCUT2D eigenvalue weighted by Gasteiger charge is 2.26. The van der Waals surface area contributed by atoms with Gasteiger partial charge in [0.25, 0.3) is 0 Å². The highest BCUT2D eigenvalue weighted by Crippen LogP contribution is 2.23. The highest BCUT2D eigenvalue weighted by atomic mass is 16.5. The molecule has 1 saturated heterocycles. The first kappa shape index (κ1) is 18.3. The lowest BCUT2D eigenvalue weighted by atomic mass is 10.0. The number of hydrogen-bond acceptors (Lipinski definition) is 4. The van der Waals surface area contributed by atoms with Gasteiger partial charge in [-0.25, -0.2) is 4.79 Å². The van der Waals surface area contributed by atoms with Gasteiger partial charge in [0.05, 0.1) is 12.2 Å². The molecule has 3 unspecified atom stereocenters. The molecule has 1 amide bonds. The summed E-state index contributed by atoms with van der Waals surface area (Å²) in [5.74, 6) is -0.875. The molecule has 3 atom stereocenters. The van der Waals surface area contributed by atoms with Gasteiger partial charge in [0.2, 0.25) is 0 Å². The zero-order chi connectivity index (χ0) is 17.4. The van der Waals surface area contributed by atoms with Crippen molar-refractivity contribution in [3.05, 3.63) is 35.9 Å². The van der Waals surface area contributed by atoms with Gasteiger partial charge < -0.3 is 19.9 Å². The van der Waals surface area contributed by atoms with E-state index in [1.807, 2.05) is 37.3 Å². The number of carbonyl (C=O) groups is 2. The molecule has 1 aromatic rings. The van der Waals surface area contributed by atoms with E-state index in [2.05, 4.69) is 5.32 Å². The maximum absolute atomic E-state index is 12.0. The van der Waals surface area contributed by atoms with Crippen molar-refractivity contribution in [1.82, 2.24) is 5.32 Å². The van der Waals surface area contributed by atoms with Crippen molar-refractivity contribution < 1.29 is 24.2 Å². The molecule has 1 aromatic carbocycles. The first-order valence-electron chi connectivity index (χ1n) is 8.37. The topological polar surface area (TPSA) is 84.9 Å². The number of aliphatic carboxylic acids is 1. The Labute approximate surface area is 142 Å². The third kappa shape index (κ3) is 6.58. The number of alkyl carbamates (subject to hydrolysis) is 1. The second-order valence-corrected chi connectivity index (χ2v) is 6.22. The van der Waals surface area contributed by atoms with Crippen LogP contribution in [0.1, 0.15) is 44.6 Å². The molecule has 1 aliphatic heterocycles. The molecule has 0 bridgehead atoms. The van der Waals surface area contributed by atoms with Gasteiger partial charge in [0.1, 0.15) is 6.61 Å². The van der Waals surface area contributed by atoms with Crippen LogP contribution in [0.2, 0.25) is 0 Å². The van der Waals surface area contributed by atoms with E-state index in [1.165, 1.54) is 0 Å². The van der Waals surface area contributed by atoms with Gasteiger partial charge >= 0.3 is 12.1 Å². The molecule has 2 N–H and O–H groups in total. The molecule has 1 aliphatic rings. The van der Waals surface area contributed by atoms with E-state index in [1.54, 1.807) is 0 Å². The number of nitrogens with one attached hydrogen (secondary N) is 1. The molecular weight excluding hydrogens is 310 g/mol. The molecule has 24 heavy (non-hydrogen) atoms. The summed E-state index contributed by atoms with van der Waals surface area (Å²) in [6, 6.07) is 9.15. The Morgan fingerprint density at radius 2 is 2.08 bits per heavy atom. The molecule has 1 fully saturated rings. The molecule has 2 rings (SSSR count). The van der Waals surface area contributed by atoms with Gasteiger partial charge in [-0.15, -0.1) is 0 Å². The maximum atomic E-state index is 12.0. The molecule has 0 saturated carbocycles. The standard InChI is InChI=1S/C18H25NO5/c1-13-7-9-16(24-13)11-15(8-10-17(20)21)19-18(22)23-12-14-5-3-2-4-6-14/h2-6,13,15-16H,7-12H2,1H3,(H,19,22)(H,20,21). The summed E-state index contributed by atoms with van der Waals surface area (Å²) in [5, 5.41) is 11.7. The van der Waals surface area contributed by atoms with Crippen molar-refractivity contribution in [2.24, 2.45) is 0 Å². The number of carbonyl (C=O) groups excluding carboxylic acids is 1. The second kappa shape index (κ2) is 9.27. The van der Waals surface area contributed by atoms with Crippen LogP contribution in [-0.2, 0) is 20.9 Å². The lowest BCUT2D eigenvalue weighted by Crippen LogP contribution is -2.38. The van der Waals surface area contributed by atoms with E-state index < -0.39 is 12.1 Å². The monoisotopic (exact) mass is 335 g/mol. The van der Waals surface area contributed by atoms with E-state index in [0.29, 0.717) is 12.8 Å². The molecule has 0 aromatic heterocycles. The number of hydrogen-bond donors (Lipinski definition) is 2. The number of rotatable bonds is 8. The Balaban J connectivity index is 1.81. The predicted molar refractivity (Wildman–Crippen MR) is 88.6 cm³/mol. The van der Waals surface area contributed by atoms with Crippen LogP contribution in [0.15, 0.2) is 30.3 Å². The Morgan fingerprint density at radius 1 is 1.33 bits per heavy atom. The lowest BCUT2D eigenvalue weighted by molar-refractivity contribution is -0.137. The van der Waals surface area contributed by atoms with Crippen LogP contribution in [0.3, 0.4) is 0 Å². The summed E-state index contributed by atoms with van der Waals surface area (Å²) >= 11 is 0. The van der Waals surface area contributed by atoms with Crippen LogP contribution in [0.5, 0.6) is 0 Å². The molecular formula is C18H25NO5. The van der Waals surface area contributed by atoms with Crippen molar-refractivity contribution in [2.75, 3.05) is 0 Å². The van der Waals surface area contributed by atoms with Crippen LogP contribution in [0.25, 0.3) is 0 Å². The molecule has 0 aliphatic carbocycles. The smallest absolute Gasteiger partial charge is 0.407 e. The number of carboxylic acids is 1. The van der Waals surface area contributed by atoms with Crippen molar-refractivity contribution in [2.45, 2.75) is 63.9 Å². The molecule has 0 radical (unpaired) electrons. The number of carboxylic acid groups (broad SMARTS) is 1. The van der Waals surface area contributed by atoms with Gasteiger partial charge in [-0.1, -0.05) is 30.3 Å². The largest absolute Gasteiger partial charge is 0.481 e. The summed E-state index contributed by atoms with van der Waals surface area (Å²) in [6.07, 6.45) is 2.67. The fraction of sp³-hybridized carbons (Fsp3) is 0.556. The molecule has 0 spiro atoms. The van der Waals surface area contributed by atoms with E-state index in [4.69, 9.17) is 14.6 Å². The Hall–Kier alpha value is -2.08. The molecule has 6 nitrogen and oxygen atoms in total. The second-order valence-electron chi connectivity index (χ2n) is 6.22. The summed E-state index contributed by atoms with van der Waals surface area (Å²) in [4.78, 5) is 22.8. The Morgan fingerprint density at radius 3 is 2.71 bits per heavy atom. The molecule has 1 heterocycles. The first-order valence-corrected chi connectivity index (χ1v) is 8.37. The van der Waals surface area contributed by atoms with E-state index >= 15 is 0 Å². The van der Waals surface area contributed by atoms with Gasteiger partial charge in [-0.3, -0.25) is 4.79 Å². The third-order valence-corrected chi connectivity index (χ3v) is 4.11. The maximum Gasteiger partial charge on any atom is 0.407 e. The van der Waals surface area contributed by atoms with Gasteiger partial charge in [-0.2, -0.15) is 0 Å². The summed E-state index contributed by atoms with van der Waals surface area (Å²) < 4.78 is 11.0. The lowest BCUT2D eigenvalue weighted by Gasteiger charge is -2.21. The zero-order valence-electron chi connectivity index (χ0n) is 13.9. The zero-order valence-corrected chi connectivity index (χ0v) is 13.9. The Bertz CT molecular complexity index is 533. The van der Waals surface area contributed by atoms with Crippen LogP contribution in [-0.4, -0.2) is 35.4 Å². The van der Waals surface area contributed by atoms with E-state index in [9.17, 15) is 9.59 Å². The molecule has 6 heteroatoms. The molecule has 132 valence electrons. The summed E-state index contributed by atoms with van der Waals surface area (Å²) in [5.41, 5.74) is 0.905. The fourth-order valence-corrected chi connectivity index (χ4v) is 2.85. The van der Waals surface area contributed by atoms with Crippen molar-refractivity contribution in [1.29, 1.82) is 0 Å². The third-order valence-electron chi connectivity index (χ3n) is 4.11. The highest BCUT2D eigenvalue weighted by molar-refractivity contribution is 5.68. The van der Waals surface area contributed by atoms with Crippen LogP contribution in [0.4, 0.5) is 4.79 Å². The van der Waals surface area contributed by atoms with Gasteiger partial charge in [0, 0.05) is 12.5 Å². The minimum absolute atomic E-state index is 0.00586. The van der Waals surface area contributed by atoms with Crippen molar-refractivity contribution in [3.63, 3.8) is 0 Å². The number of benzene rings is 1. The quantitative estimate of drug-likeness (QED) is 0.762. The van der Waals surface area contributed by atoms with Gasteiger partial charge in [0.15, 0.2) is 0 Å². The summed E-state index contributed by atoms with van der Waals surface area (Å²) in [7, 11) is 0. The van der Waals surface area contributed by atoms with Gasteiger partial charge in [-0.05, 0) is 38.2 Å². The SMILES string of the molecule is CC1CCC(CC(CCC(=O)O)NC(=O)OCc2ccccc2)O1. The average molecular weight is 335 g/mol. The van der Waals surface area contributed by atoms with Crippen LogP contribution < -0.4 is 5.32 Å². The van der Waals surface area contributed by atoms with E-state index in [-0.39, 0.29) is 31.3 Å². The number of ether oxygens (including phenoxy) is 2. The van der Waals surface area contributed by atoms with Crippen molar-refractivity contribution >= 4 is 12.1 Å². The Kier molecular flexibility index (Phi) is 7.06. The predicted octanol–water partition coefficient (Wildman–Crippen LogP) is 3.10. The fourth-order valence-electron chi connectivity index (χ4n) is 2.85. The van der Waals surface area contributed by atoms with Crippen molar-refractivity contribution in [3.8, 4) is 0 Å². The normalized spacial score (nSPS) is 21.2. The summed E-state index contributed by atoms with van der Waals surface area (Å²) in [6.45, 7) is 2.21. The van der Waals surface area contributed by atoms with E-state index in [0.717, 1.165) is 18.4 Å². The average Bonchev–Trinajstić information content (AvgIpc) is 2.96. The van der Waals surface area contributed by atoms with Crippen LogP contribution in [0, 0.1) is 0 Å². The minimum atomic E-state index is -0.875. The van der Waals surface area contributed by atoms with Crippen LogP contribution >= 0.6 is 0 Å². The first-order chi connectivity index (χ1) is 11.5. The minimum Gasteiger partial charge on any atom is -0.481 e.